The molecule has 0 aromatic heterocycles. The second-order valence-corrected chi connectivity index (χ2v) is 10.3. The second kappa shape index (κ2) is 10.8. The van der Waals surface area contributed by atoms with Crippen LogP contribution in [0.3, 0.4) is 0 Å². The van der Waals surface area contributed by atoms with Gasteiger partial charge in [0.25, 0.3) is 0 Å². The molecule has 1 aliphatic rings. The second-order valence-electron chi connectivity index (χ2n) is 8.34. The van der Waals surface area contributed by atoms with Crippen LogP contribution in [0.2, 0.25) is 0 Å². The molecule has 8 heteroatoms. The van der Waals surface area contributed by atoms with Gasteiger partial charge in [-0.1, -0.05) is 42.5 Å². The fourth-order valence-electron chi connectivity index (χ4n) is 3.90. The van der Waals surface area contributed by atoms with E-state index in [1.54, 1.807) is 12.1 Å². The first-order valence-corrected chi connectivity index (χ1v) is 12.8. The van der Waals surface area contributed by atoms with Crippen LogP contribution in [0.15, 0.2) is 78.9 Å². The molecule has 1 N–H and O–H groups in total. The highest BCUT2D eigenvalue weighted by Gasteiger charge is 2.31. The van der Waals surface area contributed by atoms with E-state index in [9.17, 15) is 17.6 Å². The number of hydrogen-bond acceptors (Lipinski definition) is 4. The molecule has 3 aromatic carbocycles. The summed E-state index contributed by atoms with van der Waals surface area (Å²) in [6.45, 7) is 1.04. The van der Waals surface area contributed by atoms with E-state index in [0.717, 1.165) is 5.56 Å². The molecular formula is C26H27FN2O4S. The van der Waals surface area contributed by atoms with Gasteiger partial charge in [0, 0.05) is 24.7 Å². The van der Waals surface area contributed by atoms with Crippen molar-refractivity contribution in [3.63, 3.8) is 0 Å². The molecule has 34 heavy (non-hydrogen) atoms. The SMILES string of the molecule is O=C(Nc1ccc(OCc2ccccc2)cc1)C1CCN(S(=O)(=O)Cc2ccc(F)cc2)CC1. The molecule has 1 heterocycles. The number of halogens is 1. The summed E-state index contributed by atoms with van der Waals surface area (Å²) in [5, 5.41) is 2.91. The molecule has 4 rings (SSSR count). The Morgan fingerprint density at radius 1 is 0.912 bits per heavy atom. The number of ether oxygens (including phenoxy) is 1. The molecule has 3 aromatic rings. The molecule has 1 fully saturated rings. The molecule has 178 valence electrons. The van der Waals surface area contributed by atoms with E-state index in [-0.39, 0.29) is 30.7 Å². The van der Waals surface area contributed by atoms with Crippen molar-refractivity contribution in [3.05, 3.63) is 95.8 Å². The lowest BCUT2D eigenvalue weighted by atomic mass is 9.97. The van der Waals surface area contributed by atoms with E-state index >= 15 is 0 Å². The molecule has 0 bridgehead atoms. The summed E-state index contributed by atoms with van der Waals surface area (Å²) >= 11 is 0. The van der Waals surface area contributed by atoms with Crippen LogP contribution in [-0.2, 0) is 27.2 Å². The Kier molecular flexibility index (Phi) is 7.59. The van der Waals surface area contributed by atoms with Crippen molar-refractivity contribution < 1.29 is 22.3 Å². The molecule has 0 radical (unpaired) electrons. The number of rotatable bonds is 8. The van der Waals surface area contributed by atoms with Gasteiger partial charge in [-0.2, -0.15) is 0 Å². The molecule has 0 spiro atoms. The highest BCUT2D eigenvalue weighted by molar-refractivity contribution is 7.88. The first-order valence-electron chi connectivity index (χ1n) is 11.2. The van der Waals surface area contributed by atoms with E-state index in [1.807, 2.05) is 42.5 Å². The fraction of sp³-hybridized carbons (Fsp3) is 0.269. The van der Waals surface area contributed by atoms with E-state index < -0.39 is 15.8 Å². The monoisotopic (exact) mass is 482 g/mol. The standard InChI is InChI=1S/C26H27FN2O4S/c27-23-8-6-21(7-9-23)19-34(31,32)29-16-14-22(15-17-29)26(30)28-24-10-12-25(13-11-24)33-18-20-4-2-1-3-5-20/h1-13,22H,14-19H2,(H,28,30). The number of piperidine rings is 1. The zero-order valence-corrected chi connectivity index (χ0v) is 19.5. The van der Waals surface area contributed by atoms with E-state index in [1.165, 1.54) is 28.6 Å². The van der Waals surface area contributed by atoms with E-state index in [0.29, 0.717) is 36.4 Å². The van der Waals surface area contributed by atoms with Crippen molar-refractivity contribution in [2.24, 2.45) is 5.92 Å². The maximum absolute atomic E-state index is 13.1. The minimum Gasteiger partial charge on any atom is -0.489 e. The van der Waals surface area contributed by atoms with E-state index in [4.69, 9.17) is 4.74 Å². The van der Waals surface area contributed by atoms with Crippen LogP contribution in [0.4, 0.5) is 10.1 Å². The minimum atomic E-state index is -3.52. The van der Waals surface area contributed by atoms with Crippen LogP contribution in [0.5, 0.6) is 5.75 Å². The quantitative estimate of drug-likeness (QED) is 0.510. The van der Waals surface area contributed by atoms with Crippen molar-refractivity contribution in [2.45, 2.75) is 25.2 Å². The average molecular weight is 483 g/mol. The van der Waals surface area contributed by atoms with Crippen LogP contribution in [0.25, 0.3) is 0 Å². The molecule has 1 amide bonds. The molecule has 0 aliphatic carbocycles. The molecule has 0 unspecified atom stereocenters. The Hall–Kier alpha value is -3.23. The van der Waals surface area contributed by atoms with Crippen LogP contribution in [-0.4, -0.2) is 31.7 Å². The van der Waals surface area contributed by atoms with Gasteiger partial charge in [-0.3, -0.25) is 4.79 Å². The predicted molar refractivity (Wildman–Crippen MR) is 129 cm³/mol. The van der Waals surface area contributed by atoms with Gasteiger partial charge >= 0.3 is 0 Å². The van der Waals surface area contributed by atoms with E-state index in [2.05, 4.69) is 5.32 Å². The van der Waals surface area contributed by atoms with Crippen molar-refractivity contribution in [2.75, 3.05) is 18.4 Å². The molecular weight excluding hydrogens is 455 g/mol. The van der Waals surface area contributed by atoms with Gasteiger partial charge in [0.15, 0.2) is 0 Å². The highest BCUT2D eigenvalue weighted by Crippen LogP contribution is 2.24. The van der Waals surface area contributed by atoms with Crippen molar-refractivity contribution in [1.82, 2.24) is 4.31 Å². The third-order valence-corrected chi connectivity index (χ3v) is 7.70. The number of carbonyl (C=O) groups is 1. The zero-order chi connectivity index (χ0) is 24.0. The summed E-state index contributed by atoms with van der Waals surface area (Å²) in [6, 6.07) is 22.5. The minimum absolute atomic E-state index is 0.117. The van der Waals surface area contributed by atoms with Crippen LogP contribution < -0.4 is 10.1 Å². The zero-order valence-electron chi connectivity index (χ0n) is 18.7. The van der Waals surface area contributed by atoms with Crippen LogP contribution in [0, 0.1) is 11.7 Å². The van der Waals surface area contributed by atoms with Gasteiger partial charge in [0.1, 0.15) is 18.2 Å². The Bertz CT molecular complexity index is 1190. The Morgan fingerprint density at radius 2 is 1.56 bits per heavy atom. The molecule has 0 saturated carbocycles. The topological polar surface area (TPSA) is 75.7 Å². The summed E-state index contributed by atoms with van der Waals surface area (Å²) in [7, 11) is -3.52. The number of carbonyl (C=O) groups excluding carboxylic acids is 1. The average Bonchev–Trinajstić information content (AvgIpc) is 2.85. The van der Waals surface area contributed by atoms with Gasteiger partial charge in [0.05, 0.1) is 5.75 Å². The maximum Gasteiger partial charge on any atom is 0.227 e. The van der Waals surface area contributed by atoms with Crippen LogP contribution >= 0.6 is 0 Å². The number of benzene rings is 3. The summed E-state index contributed by atoms with van der Waals surface area (Å²) in [4.78, 5) is 12.7. The third kappa shape index (κ3) is 6.42. The molecule has 1 saturated heterocycles. The molecule has 1 aliphatic heterocycles. The summed E-state index contributed by atoms with van der Waals surface area (Å²) < 4.78 is 45.7. The highest BCUT2D eigenvalue weighted by atomic mass is 32.2. The smallest absolute Gasteiger partial charge is 0.227 e. The predicted octanol–water partition coefficient (Wildman–Crippen LogP) is 4.59. The first kappa shape index (κ1) is 23.9. The lowest BCUT2D eigenvalue weighted by molar-refractivity contribution is -0.120. The maximum atomic E-state index is 13.1. The van der Waals surface area contributed by atoms with Crippen molar-refractivity contribution >= 4 is 21.6 Å². The summed E-state index contributed by atoms with van der Waals surface area (Å²) in [5.41, 5.74) is 2.28. The molecule has 6 nitrogen and oxygen atoms in total. The van der Waals surface area contributed by atoms with Crippen LogP contribution in [0.1, 0.15) is 24.0 Å². The fourth-order valence-corrected chi connectivity index (χ4v) is 5.46. The summed E-state index contributed by atoms with van der Waals surface area (Å²) in [5.74, 6) is -0.244. The third-order valence-electron chi connectivity index (χ3n) is 5.85. The van der Waals surface area contributed by atoms with Crippen molar-refractivity contribution in [1.29, 1.82) is 0 Å². The Labute approximate surface area is 199 Å². The van der Waals surface area contributed by atoms with Gasteiger partial charge in [-0.05, 0) is 60.4 Å². The van der Waals surface area contributed by atoms with Gasteiger partial charge in [-0.25, -0.2) is 17.1 Å². The van der Waals surface area contributed by atoms with Gasteiger partial charge in [-0.15, -0.1) is 0 Å². The number of anilines is 1. The lowest BCUT2D eigenvalue weighted by Crippen LogP contribution is -2.41. The number of nitrogens with one attached hydrogen (secondary N) is 1. The lowest BCUT2D eigenvalue weighted by Gasteiger charge is -2.30. The number of hydrogen-bond donors (Lipinski definition) is 1. The number of nitrogens with zero attached hydrogens (tertiary/aromatic N) is 1. The number of amides is 1. The first-order chi connectivity index (χ1) is 16.4. The normalized spacial score (nSPS) is 15.1. The summed E-state index contributed by atoms with van der Waals surface area (Å²) in [6.07, 6.45) is 0.902. The Morgan fingerprint density at radius 3 is 2.21 bits per heavy atom. The molecule has 0 atom stereocenters. The van der Waals surface area contributed by atoms with Gasteiger partial charge in [0.2, 0.25) is 15.9 Å². The largest absolute Gasteiger partial charge is 0.489 e. The van der Waals surface area contributed by atoms with Crippen molar-refractivity contribution in [3.8, 4) is 5.75 Å². The number of sulfonamides is 1. The Balaban J connectivity index is 1.25. The van der Waals surface area contributed by atoms with Gasteiger partial charge < -0.3 is 10.1 Å².